The van der Waals surface area contributed by atoms with Crippen LogP contribution in [0.4, 0.5) is 11.5 Å². The van der Waals surface area contributed by atoms with Crippen LogP contribution in [0, 0.1) is 0 Å². The molecule has 1 aliphatic rings. The van der Waals surface area contributed by atoms with Crippen LogP contribution in [0.1, 0.15) is 31.7 Å². The molecule has 2 N–H and O–H groups in total. The minimum absolute atomic E-state index is 0.0972. The van der Waals surface area contributed by atoms with E-state index in [4.69, 9.17) is 0 Å². The fourth-order valence-corrected chi connectivity index (χ4v) is 3.45. The van der Waals surface area contributed by atoms with Crippen LogP contribution in [0.15, 0.2) is 55.0 Å². The molecule has 1 fully saturated rings. The van der Waals surface area contributed by atoms with E-state index in [2.05, 4.69) is 20.8 Å². The summed E-state index contributed by atoms with van der Waals surface area (Å²) in [7, 11) is 0. The minimum Gasteiger partial charge on any atom is -0.374 e. The first kappa shape index (κ1) is 16.4. The summed E-state index contributed by atoms with van der Waals surface area (Å²) in [5.41, 5.74) is 1.76. The van der Waals surface area contributed by atoms with E-state index in [9.17, 15) is 4.79 Å². The lowest BCUT2D eigenvalue weighted by Crippen LogP contribution is -2.24. The zero-order chi connectivity index (χ0) is 17.8. The maximum Gasteiger partial charge on any atom is 0.244 e. The van der Waals surface area contributed by atoms with Crippen molar-refractivity contribution in [2.75, 3.05) is 17.2 Å². The molecule has 0 spiro atoms. The Balaban J connectivity index is 1.41. The van der Waals surface area contributed by atoms with E-state index < -0.39 is 0 Å². The van der Waals surface area contributed by atoms with Crippen LogP contribution in [0.5, 0.6) is 0 Å². The first-order valence-electron chi connectivity index (χ1n) is 8.97. The molecule has 0 bridgehead atoms. The number of benzene rings is 1. The van der Waals surface area contributed by atoms with Crippen LogP contribution < -0.4 is 10.6 Å². The van der Waals surface area contributed by atoms with Gasteiger partial charge in [0.15, 0.2) is 0 Å². The standard InChI is InChI=1S/C19H22N6O/c26-19(23-18-10-12-22-25(18)15-6-1-2-7-15)14-20-16-8-3-4-9-17(16)24-13-5-11-21-24/h3-5,8-13,15,20H,1-2,6-7,14H2,(H,23,26). The molecule has 0 atom stereocenters. The van der Waals surface area contributed by atoms with E-state index >= 15 is 0 Å². The molecule has 1 aromatic carbocycles. The highest BCUT2D eigenvalue weighted by atomic mass is 16.2. The predicted molar refractivity (Wildman–Crippen MR) is 100 cm³/mol. The van der Waals surface area contributed by atoms with E-state index in [-0.39, 0.29) is 12.5 Å². The summed E-state index contributed by atoms with van der Waals surface area (Å²) in [5.74, 6) is 0.670. The molecule has 0 aliphatic heterocycles. The van der Waals surface area contributed by atoms with Crippen molar-refractivity contribution in [1.29, 1.82) is 0 Å². The number of carbonyl (C=O) groups excluding carboxylic acids is 1. The van der Waals surface area contributed by atoms with Gasteiger partial charge in [-0.2, -0.15) is 10.2 Å². The van der Waals surface area contributed by atoms with Crippen molar-refractivity contribution >= 4 is 17.4 Å². The van der Waals surface area contributed by atoms with E-state index in [0.29, 0.717) is 6.04 Å². The normalized spacial score (nSPS) is 14.5. The average molecular weight is 350 g/mol. The van der Waals surface area contributed by atoms with Crippen LogP contribution in [-0.4, -0.2) is 32.0 Å². The van der Waals surface area contributed by atoms with Crippen molar-refractivity contribution in [3.63, 3.8) is 0 Å². The second-order valence-corrected chi connectivity index (χ2v) is 6.47. The van der Waals surface area contributed by atoms with Gasteiger partial charge >= 0.3 is 0 Å². The van der Waals surface area contributed by atoms with E-state index in [1.165, 1.54) is 12.8 Å². The molecule has 26 heavy (non-hydrogen) atoms. The van der Waals surface area contributed by atoms with Crippen molar-refractivity contribution < 1.29 is 4.79 Å². The lowest BCUT2D eigenvalue weighted by atomic mass is 10.2. The van der Waals surface area contributed by atoms with Crippen molar-refractivity contribution in [3.8, 4) is 5.69 Å². The molecule has 2 aromatic heterocycles. The number of nitrogens with zero attached hydrogens (tertiary/aromatic N) is 4. The van der Waals surface area contributed by atoms with Crippen LogP contribution in [0.2, 0.25) is 0 Å². The predicted octanol–water partition coefficient (Wildman–Crippen LogP) is 3.23. The number of anilines is 2. The number of amides is 1. The second kappa shape index (κ2) is 7.43. The highest BCUT2D eigenvalue weighted by Gasteiger charge is 2.20. The molecule has 134 valence electrons. The third-order valence-electron chi connectivity index (χ3n) is 4.70. The maximum atomic E-state index is 12.4. The molecule has 0 radical (unpaired) electrons. The molecule has 7 nitrogen and oxygen atoms in total. The lowest BCUT2D eigenvalue weighted by molar-refractivity contribution is -0.114. The quantitative estimate of drug-likeness (QED) is 0.715. The fraction of sp³-hybridized carbons (Fsp3) is 0.316. The van der Waals surface area contributed by atoms with Crippen molar-refractivity contribution in [1.82, 2.24) is 19.6 Å². The molecular formula is C19H22N6O. The monoisotopic (exact) mass is 350 g/mol. The van der Waals surface area contributed by atoms with Crippen molar-refractivity contribution in [2.45, 2.75) is 31.7 Å². The third-order valence-corrected chi connectivity index (χ3v) is 4.70. The van der Waals surface area contributed by atoms with Gasteiger partial charge in [0.2, 0.25) is 5.91 Å². The molecule has 1 amide bonds. The van der Waals surface area contributed by atoms with Gasteiger partial charge in [-0.1, -0.05) is 25.0 Å². The Kier molecular flexibility index (Phi) is 4.68. The summed E-state index contributed by atoms with van der Waals surface area (Å²) in [6.07, 6.45) is 10.1. The van der Waals surface area contributed by atoms with Gasteiger partial charge in [0.25, 0.3) is 0 Å². The largest absolute Gasteiger partial charge is 0.374 e. The molecule has 7 heteroatoms. The van der Waals surface area contributed by atoms with E-state index in [0.717, 1.165) is 30.0 Å². The van der Waals surface area contributed by atoms with Crippen LogP contribution >= 0.6 is 0 Å². The van der Waals surface area contributed by atoms with E-state index in [1.54, 1.807) is 17.1 Å². The summed E-state index contributed by atoms with van der Waals surface area (Å²) in [5, 5.41) is 14.8. The Bertz CT molecular complexity index is 864. The molecule has 2 heterocycles. The summed E-state index contributed by atoms with van der Waals surface area (Å²) in [4.78, 5) is 12.4. The Morgan fingerprint density at radius 3 is 2.73 bits per heavy atom. The highest BCUT2D eigenvalue weighted by Crippen LogP contribution is 2.31. The molecule has 1 aliphatic carbocycles. The van der Waals surface area contributed by atoms with Crippen molar-refractivity contribution in [3.05, 3.63) is 55.0 Å². The zero-order valence-electron chi connectivity index (χ0n) is 14.5. The molecule has 0 unspecified atom stereocenters. The molecule has 3 aromatic rings. The third kappa shape index (κ3) is 3.46. The number of aromatic nitrogens is 4. The second-order valence-electron chi connectivity index (χ2n) is 6.47. The van der Waals surface area contributed by atoms with Crippen LogP contribution in [0.25, 0.3) is 5.69 Å². The number of carbonyl (C=O) groups is 1. The highest BCUT2D eigenvalue weighted by molar-refractivity contribution is 5.93. The Morgan fingerprint density at radius 2 is 1.92 bits per heavy atom. The van der Waals surface area contributed by atoms with Gasteiger partial charge in [0.1, 0.15) is 5.82 Å². The number of hydrogen-bond acceptors (Lipinski definition) is 4. The van der Waals surface area contributed by atoms with Crippen LogP contribution in [0.3, 0.4) is 0 Å². The number of hydrogen-bond donors (Lipinski definition) is 2. The Labute approximate surface area is 152 Å². The molecule has 4 rings (SSSR count). The summed E-state index contributed by atoms with van der Waals surface area (Å²) >= 11 is 0. The first-order valence-corrected chi connectivity index (χ1v) is 8.97. The molecular weight excluding hydrogens is 328 g/mol. The fourth-order valence-electron chi connectivity index (χ4n) is 3.45. The summed E-state index contributed by atoms with van der Waals surface area (Å²) in [6, 6.07) is 11.9. The average Bonchev–Trinajstić information content (AvgIpc) is 3.41. The molecule has 1 saturated carbocycles. The van der Waals surface area contributed by atoms with Gasteiger partial charge in [-0.25, -0.2) is 9.36 Å². The van der Waals surface area contributed by atoms with Crippen LogP contribution in [-0.2, 0) is 4.79 Å². The molecule has 0 saturated heterocycles. The minimum atomic E-state index is -0.0972. The topological polar surface area (TPSA) is 76.8 Å². The SMILES string of the molecule is O=C(CNc1ccccc1-n1cccn1)Nc1ccnn1C1CCCC1. The zero-order valence-corrected chi connectivity index (χ0v) is 14.5. The lowest BCUT2D eigenvalue weighted by Gasteiger charge is -2.15. The summed E-state index contributed by atoms with van der Waals surface area (Å²) in [6.45, 7) is 0.175. The maximum absolute atomic E-state index is 12.4. The first-order chi connectivity index (χ1) is 12.8. The van der Waals surface area contributed by atoms with Gasteiger partial charge in [0, 0.05) is 18.5 Å². The Hall–Kier alpha value is -3.09. The number of nitrogens with one attached hydrogen (secondary N) is 2. The number of para-hydroxylation sites is 2. The number of rotatable bonds is 6. The van der Waals surface area contributed by atoms with Gasteiger partial charge in [-0.3, -0.25) is 4.79 Å². The van der Waals surface area contributed by atoms with Gasteiger partial charge in [-0.05, 0) is 31.0 Å². The van der Waals surface area contributed by atoms with Gasteiger partial charge in [0.05, 0.1) is 30.2 Å². The Morgan fingerprint density at radius 1 is 1.08 bits per heavy atom. The summed E-state index contributed by atoms with van der Waals surface area (Å²) < 4.78 is 3.72. The van der Waals surface area contributed by atoms with Crippen molar-refractivity contribution in [2.24, 2.45) is 0 Å². The van der Waals surface area contributed by atoms with E-state index in [1.807, 2.05) is 47.3 Å². The van der Waals surface area contributed by atoms with Gasteiger partial charge < -0.3 is 10.6 Å². The van der Waals surface area contributed by atoms with Gasteiger partial charge in [-0.15, -0.1) is 0 Å². The smallest absolute Gasteiger partial charge is 0.244 e.